The third kappa shape index (κ3) is 4.57. The standard InChI is InChI=1S/C12H21F3N4O2/c1-11(16,12(13,14)15)10(21)18-8-3-5-19(6-4-8)7-9(20)17-2/h8H,3-7,16H2,1-2H3,(H,17,20)(H,18,21). The molecule has 0 radical (unpaired) electrons. The maximum atomic E-state index is 12.6. The molecule has 6 nitrogen and oxygen atoms in total. The Morgan fingerprint density at radius 3 is 2.24 bits per heavy atom. The molecule has 0 aliphatic carbocycles. The lowest BCUT2D eigenvalue weighted by molar-refractivity contribution is -0.188. The molecule has 0 aromatic carbocycles. The minimum Gasteiger partial charge on any atom is -0.358 e. The first kappa shape index (κ1) is 17.7. The highest BCUT2D eigenvalue weighted by Gasteiger charge is 2.54. The maximum absolute atomic E-state index is 12.6. The van der Waals surface area contributed by atoms with Crippen molar-refractivity contribution in [2.75, 3.05) is 26.7 Å². The number of rotatable bonds is 4. The van der Waals surface area contributed by atoms with E-state index >= 15 is 0 Å². The van der Waals surface area contributed by atoms with Crippen molar-refractivity contribution in [2.45, 2.75) is 37.5 Å². The number of nitrogens with two attached hydrogens (primary N) is 1. The minimum atomic E-state index is -4.79. The molecule has 21 heavy (non-hydrogen) atoms. The number of nitrogens with one attached hydrogen (secondary N) is 2. The van der Waals surface area contributed by atoms with E-state index in [-0.39, 0.29) is 18.5 Å². The smallest absolute Gasteiger partial charge is 0.358 e. The zero-order valence-corrected chi connectivity index (χ0v) is 12.1. The summed E-state index contributed by atoms with van der Waals surface area (Å²) in [5, 5.41) is 4.84. The second-order valence-corrected chi connectivity index (χ2v) is 5.40. The van der Waals surface area contributed by atoms with Crippen molar-refractivity contribution in [3.05, 3.63) is 0 Å². The van der Waals surface area contributed by atoms with Crippen molar-refractivity contribution in [3.63, 3.8) is 0 Å². The van der Waals surface area contributed by atoms with Crippen molar-refractivity contribution < 1.29 is 22.8 Å². The van der Waals surface area contributed by atoms with E-state index in [0.717, 1.165) is 0 Å². The minimum absolute atomic E-state index is 0.121. The summed E-state index contributed by atoms with van der Waals surface area (Å²) in [4.78, 5) is 24.8. The molecule has 4 N–H and O–H groups in total. The van der Waals surface area contributed by atoms with Crippen LogP contribution in [-0.4, -0.2) is 61.2 Å². The fraction of sp³-hybridized carbons (Fsp3) is 0.833. The number of hydrogen-bond acceptors (Lipinski definition) is 4. The van der Waals surface area contributed by atoms with E-state index in [2.05, 4.69) is 10.6 Å². The predicted octanol–water partition coefficient (Wildman–Crippen LogP) is -0.407. The summed E-state index contributed by atoms with van der Waals surface area (Å²) in [6.45, 7) is 1.97. The fourth-order valence-corrected chi connectivity index (χ4v) is 1.98. The molecular weight excluding hydrogens is 289 g/mol. The number of carbonyl (C=O) groups is 2. The molecule has 0 saturated carbocycles. The SMILES string of the molecule is CNC(=O)CN1CCC(NC(=O)C(C)(N)C(F)(F)F)CC1. The van der Waals surface area contributed by atoms with Crippen LogP contribution in [0.5, 0.6) is 0 Å². The van der Waals surface area contributed by atoms with Gasteiger partial charge in [-0.1, -0.05) is 0 Å². The maximum Gasteiger partial charge on any atom is 0.415 e. The zero-order chi connectivity index (χ0) is 16.3. The Labute approximate surface area is 121 Å². The highest BCUT2D eigenvalue weighted by Crippen LogP contribution is 2.28. The van der Waals surface area contributed by atoms with Gasteiger partial charge in [-0.3, -0.25) is 14.5 Å². The van der Waals surface area contributed by atoms with Gasteiger partial charge in [0.05, 0.1) is 6.54 Å². The number of carbonyl (C=O) groups excluding carboxylic acids is 2. The van der Waals surface area contributed by atoms with Gasteiger partial charge in [-0.05, 0) is 19.8 Å². The molecule has 0 aromatic heterocycles. The Morgan fingerprint density at radius 2 is 1.81 bits per heavy atom. The third-order valence-corrected chi connectivity index (χ3v) is 3.63. The van der Waals surface area contributed by atoms with Gasteiger partial charge in [0.1, 0.15) is 0 Å². The average molecular weight is 310 g/mol. The van der Waals surface area contributed by atoms with Crippen molar-refractivity contribution in [3.8, 4) is 0 Å². The molecular formula is C12H21F3N4O2. The van der Waals surface area contributed by atoms with Crippen molar-refractivity contribution in [1.82, 2.24) is 15.5 Å². The second kappa shape index (κ2) is 6.61. The summed E-state index contributed by atoms with van der Waals surface area (Å²) in [6.07, 6.45) is -3.83. The lowest BCUT2D eigenvalue weighted by atomic mass is 9.99. The van der Waals surface area contributed by atoms with Gasteiger partial charge < -0.3 is 16.4 Å². The van der Waals surface area contributed by atoms with Gasteiger partial charge in [0, 0.05) is 26.2 Å². The van der Waals surface area contributed by atoms with Crippen LogP contribution >= 0.6 is 0 Å². The lowest BCUT2D eigenvalue weighted by Crippen LogP contribution is -2.63. The summed E-state index contributed by atoms with van der Waals surface area (Å²) in [5.41, 5.74) is 2.17. The van der Waals surface area contributed by atoms with Crippen LogP contribution in [0.1, 0.15) is 19.8 Å². The van der Waals surface area contributed by atoms with Gasteiger partial charge in [-0.2, -0.15) is 13.2 Å². The molecule has 1 atom stereocenters. The molecule has 0 bridgehead atoms. The van der Waals surface area contributed by atoms with E-state index in [9.17, 15) is 22.8 Å². The van der Waals surface area contributed by atoms with Crippen LogP contribution < -0.4 is 16.4 Å². The first-order valence-electron chi connectivity index (χ1n) is 6.67. The molecule has 1 aliphatic heterocycles. The van der Waals surface area contributed by atoms with E-state index in [1.807, 2.05) is 4.90 Å². The average Bonchev–Trinajstić information content (AvgIpc) is 2.39. The summed E-state index contributed by atoms with van der Waals surface area (Å²) < 4.78 is 37.9. The zero-order valence-electron chi connectivity index (χ0n) is 12.1. The number of hydrogen-bond donors (Lipinski definition) is 3. The predicted molar refractivity (Wildman–Crippen MR) is 70.3 cm³/mol. The molecule has 1 aliphatic rings. The topological polar surface area (TPSA) is 87.5 Å². The van der Waals surface area contributed by atoms with Gasteiger partial charge >= 0.3 is 6.18 Å². The highest BCUT2D eigenvalue weighted by molar-refractivity contribution is 5.86. The van der Waals surface area contributed by atoms with Gasteiger partial charge in [0.15, 0.2) is 5.54 Å². The largest absolute Gasteiger partial charge is 0.415 e. The summed E-state index contributed by atoms with van der Waals surface area (Å²) in [5.74, 6) is -1.34. The van der Waals surface area contributed by atoms with Crippen molar-refractivity contribution >= 4 is 11.8 Å². The van der Waals surface area contributed by atoms with E-state index in [0.29, 0.717) is 32.9 Å². The molecule has 9 heteroatoms. The van der Waals surface area contributed by atoms with Crippen molar-refractivity contribution in [1.29, 1.82) is 0 Å². The molecule has 122 valence electrons. The van der Waals surface area contributed by atoms with Gasteiger partial charge in [-0.25, -0.2) is 0 Å². The fourth-order valence-electron chi connectivity index (χ4n) is 1.98. The number of likely N-dealkylation sites (N-methyl/N-ethyl adjacent to an activating group) is 1. The Balaban J connectivity index is 2.46. The molecule has 1 heterocycles. The van der Waals surface area contributed by atoms with Crippen LogP contribution in [0.15, 0.2) is 0 Å². The van der Waals surface area contributed by atoms with E-state index in [1.54, 1.807) is 0 Å². The van der Waals surface area contributed by atoms with Crippen LogP contribution in [-0.2, 0) is 9.59 Å². The van der Waals surface area contributed by atoms with Crippen LogP contribution in [0.4, 0.5) is 13.2 Å². The molecule has 1 rings (SSSR count). The van der Waals surface area contributed by atoms with Crippen LogP contribution in [0.3, 0.4) is 0 Å². The van der Waals surface area contributed by atoms with Gasteiger partial charge in [0.25, 0.3) is 0 Å². The quantitative estimate of drug-likeness (QED) is 0.659. The molecule has 2 amide bonds. The normalized spacial score (nSPS) is 20.7. The first-order valence-corrected chi connectivity index (χ1v) is 6.67. The van der Waals surface area contributed by atoms with E-state index < -0.39 is 17.6 Å². The molecule has 1 fully saturated rings. The monoisotopic (exact) mass is 310 g/mol. The lowest BCUT2D eigenvalue weighted by Gasteiger charge is -2.34. The molecule has 1 saturated heterocycles. The number of alkyl halides is 3. The number of halogens is 3. The Bertz CT molecular complexity index is 390. The van der Waals surface area contributed by atoms with E-state index in [4.69, 9.17) is 5.73 Å². The molecule has 0 aromatic rings. The van der Waals surface area contributed by atoms with Crippen LogP contribution in [0.2, 0.25) is 0 Å². The molecule has 0 spiro atoms. The van der Waals surface area contributed by atoms with Crippen molar-refractivity contribution in [2.24, 2.45) is 5.73 Å². The summed E-state index contributed by atoms with van der Waals surface area (Å²) in [7, 11) is 1.54. The van der Waals surface area contributed by atoms with Crippen LogP contribution in [0.25, 0.3) is 0 Å². The second-order valence-electron chi connectivity index (χ2n) is 5.40. The Morgan fingerprint density at radius 1 is 1.29 bits per heavy atom. The van der Waals surface area contributed by atoms with E-state index in [1.165, 1.54) is 7.05 Å². The van der Waals surface area contributed by atoms with Gasteiger partial charge in [-0.15, -0.1) is 0 Å². The Hall–Kier alpha value is -1.35. The number of likely N-dealkylation sites (tertiary alicyclic amines) is 1. The van der Waals surface area contributed by atoms with Gasteiger partial charge in [0.2, 0.25) is 11.8 Å². The summed E-state index contributed by atoms with van der Waals surface area (Å²) >= 11 is 0. The number of nitrogens with zero attached hydrogens (tertiary/aromatic N) is 1. The van der Waals surface area contributed by atoms with Crippen LogP contribution in [0, 0.1) is 0 Å². The number of piperidine rings is 1. The third-order valence-electron chi connectivity index (χ3n) is 3.63. The first-order chi connectivity index (χ1) is 9.57. The number of amides is 2. The summed E-state index contributed by atoms with van der Waals surface area (Å²) in [6, 6.07) is -0.358. The molecule has 1 unspecified atom stereocenters. The highest BCUT2D eigenvalue weighted by atomic mass is 19.4. The Kier molecular flexibility index (Phi) is 5.57.